The molecule has 0 spiro atoms. The number of amides is 3. The van der Waals surface area contributed by atoms with Gasteiger partial charge in [0.1, 0.15) is 0 Å². The summed E-state index contributed by atoms with van der Waals surface area (Å²) in [5.74, 6) is -0.128. The number of rotatable bonds is 5. The molecule has 2 rings (SSSR count). The molecule has 1 heterocycles. The summed E-state index contributed by atoms with van der Waals surface area (Å²) in [5.41, 5.74) is 6.68. The predicted molar refractivity (Wildman–Crippen MR) is 78.7 cm³/mol. The van der Waals surface area contributed by atoms with E-state index in [1.807, 2.05) is 0 Å². The van der Waals surface area contributed by atoms with Gasteiger partial charge in [0, 0.05) is 31.7 Å². The molecule has 1 fully saturated rings. The fourth-order valence-corrected chi connectivity index (χ4v) is 2.24. The number of hydrogen-bond acceptors (Lipinski definition) is 3. The van der Waals surface area contributed by atoms with Crippen molar-refractivity contribution in [3.05, 3.63) is 23.2 Å². The normalized spacial score (nSPS) is 14.2. The number of nitrogens with two attached hydrogens (primary N) is 1. The maximum atomic E-state index is 11.8. The fourth-order valence-electron chi connectivity index (χ4n) is 2.00. The highest BCUT2D eigenvalue weighted by molar-refractivity contribution is 6.34. The molecule has 0 aliphatic carbocycles. The van der Waals surface area contributed by atoms with Crippen LogP contribution in [0.4, 0.5) is 16.2 Å². The molecule has 1 saturated heterocycles. The van der Waals surface area contributed by atoms with Crippen molar-refractivity contribution in [1.29, 1.82) is 0 Å². The van der Waals surface area contributed by atoms with E-state index in [0.717, 1.165) is 0 Å². The lowest BCUT2D eigenvalue weighted by molar-refractivity contribution is -0.116. The quantitative estimate of drug-likeness (QED) is 0.722. The highest BCUT2D eigenvalue weighted by Gasteiger charge is 2.18. The van der Waals surface area contributed by atoms with E-state index in [9.17, 15) is 9.59 Å². The number of nitrogens with one attached hydrogen (secondary N) is 2. The van der Waals surface area contributed by atoms with Gasteiger partial charge in [-0.25, -0.2) is 4.79 Å². The van der Waals surface area contributed by atoms with Crippen molar-refractivity contribution in [1.82, 2.24) is 10.2 Å². The van der Waals surface area contributed by atoms with E-state index < -0.39 is 0 Å². The highest BCUT2D eigenvalue weighted by atomic mass is 35.5. The lowest BCUT2D eigenvalue weighted by atomic mass is 10.2. The number of carbonyl (C=O) groups excluding carboxylic acids is 2. The number of nitrogen functional groups attached to an aromatic ring is 1. The Labute approximate surface area is 122 Å². The van der Waals surface area contributed by atoms with Gasteiger partial charge in [0.25, 0.3) is 0 Å². The Hall–Kier alpha value is -1.95. The monoisotopic (exact) mass is 296 g/mol. The lowest BCUT2D eigenvalue weighted by Gasteiger charge is -2.13. The molecule has 6 nitrogen and oxygen atoms in total. The molecular formula is C13H17ClN4O2. The number of nitrogens with zero attached hydrogens (tertiary/aromatic N) is 1. The van der Waals surface area contributed by atoms with E-state index in [1.165, 1.54) is 0 Å². The van der Waals surface area contributed by atoms with Gasteiger partial charge in [-0.15, -0.1) is 0 Å². The van der Waals surface area contributed by atoms with Crippen LogP contribution in [-0.4, -0.2) is 36.5 Å². The van der Waals surface area contributed by atoms with Crippen molar-refractivity contribution >= 4 is 34.9 Å². The standard InChI is InChI=1S/C13H17ClN4O2/c14-10-8-9(15)3-4-11(10)17-12(19)2-1-6-18-7-5-16-13(18)20/h3-4,8H,1-2,5-7,15H2,(H,16,20)(H,17,19). The molecular weight excluding hydrogens is 280 g/mol. The number of benzene rings is 1. The number of hydrogen-bond donors (Lipinski definition) is 3. The minimum Gasteiger partial charge on any atom is -0.399 e. The van der Waals surface area contributed by atoms with Crippen molar-refractivity contribution in [2.75, 3.05) is 30.7 Å². The Kier molecular flexibility index (Phi) is 4.68. The topological polar surface area (TPSA) is 87.5 Å². The third-order valence-corrected chi connectivity index (χ3v) is 3.36. The van der Waals surface area contributed by atoms with E-state index in [-0.39, 0.29) is 11.9 Å². The Balaban J connectivity index is 1.76. The first-order valence-electron chi connectivity index (χ1n) is 6.44. The molecule has 0 bridgehead atoms. The minimum absolute atomic E-state index is 0.0630. The molecule has 1 aromatic rings. The second-order valence-corrected chi connectivity index (χ2v) is 5.02. The van der Waals surface area contributed by atoms with Crippen LogP contribution in [0.15, 0.2) is 18.2 Å². The Bertz CT molecular complexity index is 521. The average Bonchev–Trinajstić information content (AvgIpc) is 2.79. The van der Waals surface area contributed by atoms with Gasteiger partial charge in [-0.05, 0) is 24.6 Å². The molecule has 3 amide bonds. The zero-order valence-corrected chi connectivity index (χ0v) is 11.7. The van der Waals surface area contributed by atoms with Crippen LogP contribution in [0.1, 0.15) is 12.8 Å². The van der Waals surface area contributed by atoms with Gasteiger partial charge in [-0.1, -0.05) is 11.6 Å². The molecule has 7 heteroatoms. The first-order valence-corrected chi connectivity index (χ1v) is 6.82. The van der Waals surface area contributed by atoms with Crippen molar-refractivity contribution in [3.8, 4) is 0 Å². The number of halogens is 1. The van der Waals surface area contributed by atoms with Crippen LogP contribution in [0.25, 0.3) is 0 Å². The van der Waals surface area contributed by atoms with Crippen LogP contribution >= 0.6 is 11.6 Å². The van der Waals surface area contributed by atoms with Gasteiger partial charge in [0.2, 0.25) is 5.91 Å². The lowest BCUT2D eigenvalue weighted by Crippen LogP contribution is -2.29. The molecule has 1 aromatic carbocycles. The summed E-state index contributed by atoms with van der Waals surface area (Å²) in [7, 11) is 0. The molecule has 0 radical (unpaired) electrons. The zero-order chi connectivity index (χ0) is 14.5. The maximum Gasteiger partial charge on any atom is 0.317 e. The van der Waals surface area contributed by atoms with Gasteiger partial charge in [0.15, 0.2) is 0 Å². The van der Waals surface area contributed by atoms with Gasteiger partial charge in [-0.2, -0.15) is 0 Å². The zero-order valence-electron chi connectivity index (χ0n) is 11.0. The summed E-state index contributed by atoms with van der Waals surface area (Å²) in [4.78, 5) is 24.8. The number of carbonyl (C=O) groups is 2. The third-order valence-electron chi connectivity index (χ3n) is 3.04. The van der Waals surface area contributed by atoms with Gasteiger partial charge in [0.05, 0.1) is 10.7 Å². The van der Waals surface area contributed by atoms with Gasteiger partial charge >= 0.3 is 6.03 Å². The van der Waals surface area contributed by atoms with E-state index in [1.54, 1.807) is 23.1 Å². The molecule has 1 aliphatic heterocycles. The van der Waals surface area contributed by atoms with Gasteiger partial charge in [-0.3, -0.25) is 4.79 Å². The van der Waals surface area contributed by atoms with Crippen molar-refractivity contribution < 1.29 is 9.59 Å². The van der Waals surface area contributed by atoms with Crippen LogP contribution in [0, 0.1) is 0 Å². The molecule has 108 valence electrons. The van der Waals surface area contributed by atoms with Crippen LogP contribution in [0.2, 0.25) is 5.02 Å². The molecule has 20 heavy (non-hydrogen) atoms. The first kappa shape index (κ1) is 14.5. The average molecular weight is 297 g/mol. The largest absolute Gasteiger partial charge is 0.399 e. The van der Waals surface area contributed by atoms with Crippen LogP contribution in [-0.2, 0) is 4.79 Å². The van der Waals surface area contributed by atoms with Crippen molar-refractivity contribution in [2.24, 2.45) is 0 Å². The van der Waals surface area contributed by atoms with Crippen LogP contribution in [0.3, 0.4) is 0 Å². The summed E-state index contributed by atoms with van der Waals surface area (Å²) in [5, 5.41) is 5.86. The third kappa shape index (κ3) is 3.77. The molecule has 0 atom stereocenters. The van der Waals surface area contributed by atoms with E-state index >= 15 is 0 Å². The summed E-state index contributed by atoms with van der Waals surface area (Å²) < 4.78 is 0. The fraction of sp³-hybridized carbons (Fsp3) is 0.385. The molecule has 0 aromatic heterocycles. The number of anilines is 2. The van der Waals surface area contributed by atoms with Crippen molar-refractivity contribution in [2.45, 2.75) is 12.8 Å². The predicted octanol–water partition coefficient (Wildman–Crippen LogP) is 1.67. The van der Waals surface area contributed by atoms with E-state index in [2.05, 4.69) is 10.6 Å². The molecule has 0 saturated carbocycles. The SMILES string of the molecule is Nc1ccc(NC(=O)CCCN2CCNC2=O)c(Cl)c1. The highest BCUT2D eigenvalue weighted by Crippen LogP contribution is 2.24. The van der Waals surface area contributed by atoms with Crippen LogP contribution in [0.5, 0.6) is 0 Å². The Morgan fingerprint density at radius 1 is 1.50 bits per heavy atom. The number of urea groups is 1. The maximum absolute atomic E-state index is 11.8. The summed E-state index contributed by atoms with van der Waals surface area (Å²) in [6, 6.07) is 4.87. The molecule has 4 N–H and O–H groups in total. The van der Waals surface area contributed by atoms with Gasteiger partial charge < -0.3 is 21.3 Å². The van der Waals surface area contributed by atoms with E-state index in [4.69, 9.17) is 17.3 Å². The summed E-state index contributed by atoms with van der Waals surface area (Å²) in [6.45, 7) is 1.95. The first-order chi connectivity index (χ1) is 9.56. The smallest absolute Gasteiger partial charge is 0.317 e. The van der Waals surface area contributed by atoms with E-state index in [0.29, 0.717) is 48.9 Å². The summed E-state index contributed by atoms with van der Waals surface area (Å²) >= 11 is 5.97. The minimum atomic E-state index is -0.128. The van der Waals surface area contributed by atoms with Crippen molar-refractivity contribution in [3.63, 3.8) is 0 Å². The second kappa shape index (κ2) is 6.47. The Morgan fingerprint density at radius 3 is 2.95 bits per heavy atom. The second-order valence-electron chi connectivity index (χ2n) is 4.61. The molecule has 0 unspecified atom stereocenters. The molecule has 1 aliphatic rings. The Morgan fingerprint density at radius 2 is 2.30 bits per heavy atom. The summed E-state index contributed by atoms with van der Waals surface area (Å²) in [6.07, 6.45) is 0.955. The van der Waals surface area contributed by atoms with Crippen LogP contribution < -0.4 is 16.4 Å².